The van der Waals surface area contributed by atoms with Gasteiger partial charge in [0.2, 0.25) is 0 Å². The number of benzene rings is 1. The Morgan fingerprint density at radius 2 is 1.71 bits per heavy atom. The number of hydrogen-bond donors (Lipinski definition) is 1. The second-order valence-corrected chi connectivity index (χ2v) is 6.93. The molecule has 2 aliphatic rings. The molecule has 0 spiro atoms. The second kappa shape index (κ2) is 7.69. The van der Waals surface area contributed by atoms with E-state index in [9.17, 15) is 9.59 Å². The van der Waals surface area contributed by atoms with Gasteiger partial charge in [0.05, 0.1) is 0 Å². The maximum Gasteiger partial charge on any atom is 0.317 e. The van der Waals surface area contributed by atoms with Gasteiger partial charge >= 0.3 is 6.03 Å². The molecule has 1 aromatic rings. The van der Waals surface area contributed by atoms with Crippen molar-refractivity contribution in [3.05, 3.63) is 35.4 Å². The average molecular weight is 329 g/mol. The first-order chi connectivity index (χ1) is 11.6. The van der Waals surface area contributed by atoms with E-state index in [4.69, 9.17) is 0 Å². The van der Waals surface area contributed by atoms with E-state index in [-0.39, 0.29) is 11.9 Å². The molecule has 2 fully saturated rings. The molecular formula is C19H27N3O2. The minimum atomic E-state index is 0.0340. The lowest BCUT2D eigenvalue weighted by Crippen LogP contribution is -2.45. The molecule has 1 N–H and O–H groups in total. The van der Waals surface area contributed by atoms with Crippen LogP contribution >= 0.6 is 0 Å². The van der Waals surface area contributed by atoms with E-state index in [1.807, 2.05) is 41.0 Å². The predicted octanol–water partition coefficient (Wildman–Crippen LogP) is 2.80. The molecule has 0 unspecified atom stereocenters. The van der Waals surface area contributed by atoms with Crippen LogP contribution in [0.4, 0.5) is 4.79 Å². The van der Waals surface area contributed by atoms with Crippen molar-refractivity contribution in [2.24, 2.45) is 0 Å². The SMILES string of the molecule is Cc1cccc(C(=O)N2CCCN(C(=O)NC3CCCC3)CC2)c1. The Balaban J connectivity index is 1.56. The van der Waals surface area contributed by atoms with Gasteiger partial charge in [-0.15, -0.1) is 0 Å². The zero-order valence-corrected chi connectivity index (χ0v) is 14.5. The molecule has 3 amide bonds. The van der Waals surface area contributed by atoms with E-state index >= 15 is 0 Å². The number of urea groups is 1. The summed E-state index contributed by atoms with van der Waals surface area (Å²) in [7, 11) is 0. The summed E-state index contributed by atoms with van der Waals surface area (Å²) in [6, 6.07) is 8.08. The largest absolute Gasteiger partial charge is 0.337 e. The van der Waals surface area contributed by atoms with Crippen molar-refractivity contribution in [3.8, 4) is 0 Å². The topological polar surface area (TPSA) is 52.7 Å². The van der Waals surface area contributed by atoms with Crippen LogP contribution < -0.4 is 5.32 Å². The van der Waals surface area contributed by atoms with Crippen LogP contribution in [-0.2, 0) is 0 Å². The smallest absolute Gasteiger partial charge is 0.317 e. The van der Waals surface area contributed by atoms with Gasteiger partial charge in [0.1, 0.15) is 0 Å². The Morgan fingerprint density at radius 3 is 2.46 bits per heavy atom. The van der Waals surface area contributed by atoms with Gasteiger partial charge in [0, 0.05) is 37.8 Å². The fraction of sp³-hybridized carbons (Fsp3) is 0.579. The van der Waals surface area contributed by atoms with Gasteiger partial charge in [-0.2, -0.15) is 0 Å². The van der Waals surface area contributed by atoms with E-state index in [2.05, 4.69) is 5.32 Å². The molecule has 24 heavy (non-hydrogen) atoms. The molecule has 1 aliphatic heterocycles. The summed E-state index contributed by atoms with van der Waals surface area (Å²) < 4.78 is 0. The number of carbonyl (C=O) groups excluding carboxylic acids is 2. The Bertz CT molecular complexity index is 596. The maximum absolute atomic E-state index is 12.7. The van der Waals surface area contributed by atoms with E-state index < -0.39 is 0 Å². The number of carbonyl (C=O) groups is 2. The Labute approximate surface area is 144 Å². The summed E-state index contributed by atoms with van der Waals surface area (Å²) >= 11 is 0. The van der Waals surface area contributed by atoms with Gasteiger partial charge in [-0.3, -0.25) is 4.79 Å². The monoisotopic (exact) mass is 329 g/mol. The number of nitrogens with one attached hydrogen (secondary N) is 1. The molecule has 0 radical (unpaired) electrons. The molecule has 130 valence electrons. The van der Waals surface area contributed by atoms with Crippen molar-refractivity contribution in [2.45, 2.75) is 45.1 Å². The minimum Gasteiger partial charge on any atom is -0.337 e. The lowest BCUT2D eigenvalue weighted by molar-refractivity contribution is 0.0762. The zero-order valence-electron chi connectivity index (χ0n) is 14.5. The van der Waals surface area contributed by atoms with Crippen LogP contribution in [0.1, 0.15) is 48.0 Å². The lowest BCUT2D eigenvalue weighted by atomic mass is 10.1. The van der Waals surface area contributed by atoms with Crippen molar-refractivity contribution >= 4 is 11.9 Å². The van der Waals surface area contributed by atoms with Crippen molar-refractivity contribution in [1.29, 1.82) is 0 Å². The minimum absolute atomic E-state index is 0.0340. The van der Waals surface area contributed by atoms with E-state index in [0.29, 0.717) is 25.7 Å². The maximum atomic E-state index is 12.7. The van der Waals surface area contributed by atoms with Gasteiger partial charge < -0.3 is 15.1 Å². The summed E-state index contributed by atoms with van der Waals surface area (Å²) in [5, 5.41) is 3.14. The van der Waals surface area contributed by atoms with Crippen LogP contribution in [0.25, 0.3) is 0 Å². The van der Waals surface area contributed by atoms with Crippen molar-refractivity contribution < 1.29 is 9.59 Å². The Morgan fingerprint density at radius 1 is 1.00 bits per heavy atom. The van der Waals surface area contributed by atoms with E-state index in [1.54, 1.807) is 0 Å². The number of amides is 3. The molecule has 5 heteroatoms. The first-order valence-corrected chi connectivity index (χ1v) is 9.05. The molecule has 0 bridgehead atoms. The van der Waals surface area contributed by atoms with Crippen molar-refractivity contribution in [3.63, 3.8) is 0 Å². The highest BCUT2D eigenvalue weighted by Crippen LogP contribution is 2.18. The molecule has 0 aromatic heterocycles. The van der Waals surface area contributed by atoms with Gasteiger partial charge in [-0.25, -0.2) is 4.79 Å². The van der Waals surface area contributed by atoms with Gasteiger partial charge in [-0.1, -0.05) is 30.5 Å². The number of rotatable bonds is 2. The van der Waals surface area contributed by atoms with Crippen LogP contribution in [0, 0.1) is 6.92 Å². The number of nitrogens with zero attached hydrogens (tertiary/aromatic N) is 2. The van der Waals surface area contributed by atoms with E-state index in [1.165, 1.54) is 12.8 Å². The molecule has 3 rings (SSSR count). The van der Waals surface area contributed by atoms with E-state index in [0.717, 1.165) is 36.9 Å². The number of aryl methyl sites for hydroxylation is 1. The molecule has 1 saturated carbocycles. The lowest BCUT2D eigenvalue weighted by Gasteiger charge is -2.24. The van der Waals surface area contributed by atoms with Gasteiger partial charge in [0.25, 0.3) is 5.91 Å². The number of hydrogen-bond acceptors (Lipinski definition) is 2. The molecule has 1 aromatic carbocycles. The quantitative estimate of drug-likeness (QED) is 0.907. The molecule has 0 atom stereocenters. The summed E-state index contributed by atoms with van der Waals surface area (Å²) in [6.07, 6.45) is 5.44. The highest BCUT2D eigenvalue weighted by atomic mass is 16.2. The second-order valence-electron chi connectivity index (χ2n) is 6.93. The first-order valence-electron chi connectivity index (χ1n) is 9.05. The molecule has 1 heterocycles. The Hall–Kier alpha value is -2.04. The first kappa shape index (κ1) is 16.8. The van der Waals surface area contributed by atoms with Crippen molar-refractivity contribution in [2.75, 3.05) is 26.2 Å². The summed E-state index contributed by atoms with van der Waals surface area (Å²) in [5.74, 6) is 0.0664. The fourth-order valence-corrected chi connectivity index (χ4v) is 3.62. The van der Waals surface area contributed by atoms with Crippen molar-refractivity contribution in [1.82, 2.24) is 15.1 Å². The van der Waals surface area contributed by atoms with Crippen LogP contribution in [-0.4, -0.2) is 54.0 Å². The zero-order chi connectivity index (χ0) is 16.9. The fourth-order valence-electron chi connectivity index (χ4n) is 3.62. The highest BCUT2D eigenvalue weighted by Gasteiger charge is 2.25. The Kier molecular flexibility index (Phi) is 5.38. The molecular weight excluding hydrogens is 302 g/mol. The van der Waals surface area contributed by atoms with Crippen LogP contribution in [0.3, 0.4) is 0 Å². The third-order valence-corrected chi connectivity index (χ3v) is 5.02. The van der Waals surface area contributed by atoms with Gasteiger partial charge in [-0.05, 0) is 38.3 Å². The average Bonchev–Trinajstić information content (AvgIpc) is 2.95. The summed E-state index contributed by atoms with van der Waals surface area (Å²) in [6.45, 7) is 4.63. The third kappa shape index (κ3) is 4.08. The van der Waals surface area contributed by atoms with Crippen LogP contribution in [0.5, 0.6) is 0 Å². The van der Waals surface area contributed by atoms with Gasteiger partial charge in [0.15, 0.2) is 0 Å². The normalized spacial score (nSPS) is 19.2. The third-order valence-electron chi connectivity index (χ3n) is 5.02. The summed E-state index contributed by atoms with van der Waals surface area (Å²) in [5.41, 5.74) is 1.83. The summed E-state index contributed by atoms with van der Waals surface area (Å²) in [4.78, 5) is 28.8. The van der Waals surface area contributed by atoms with Crippen LogP contribution in [0.15, 0.2) is 24.3 Å². The molecule has 1 aliphatic carbocycles. The predicted molar refractivity (Wildman–Crippen MR) is 94.1 cm³/mol. The van der Waals surface area contributed by atoms with Crippen LogP contribution in [0.2, 0.25) is 0 Å². The standard InChI is InChI=1S/C19H27N3O2/c1-15-6-4-7-16(14-15)18(23)21-10-5-11-22(13-12-21)19(24)20-17-8-2-3-9-17/h4,6-7,14,17H,2-3,5,8-13H2,1H3,(H,20,24). The molecule has 5 nitrogen and oxygen atoms in total. The highest BCUT2D eigenvalue weighted by molar-refractivity contribution is 5.94. The molecule has 1 saturated heterocycles.